The van der Waals surface area contributed by atoms with Crippen molar-refractivity contribution in [3.8, 4) is 67.4 Å². The van der Waals surface area contributed by atoms with Crippen molar-refractivity contribution in [2.75, 3.05) is 27.4 Å². The van der Waals surface area contributed by atoms with Crippen molar-refractivity contribution >= 4 is 71.3 Å². The summed E-state index contributed by atoms with van der Waals surface area (Å²) in [4.78, 5) is 51.3. The van der Waals surface area contributed by atoms with Crippen LogP contribution in [-0.4, -0.2) is 85.7 Å². The summed E-state index contributed by atoms with van der Waals surface area (Å²) in [6.07, 6.45) is 5.22. The van der Waals surface area contributed by atoms with Gasteiger partial charge >= 0.3 is 6.16 Å². The van der Waals surface area contributed by atoms with Crippen molar-refractivity contribution in [3.63, 3.8) is 0 Å². The van der Waals surface area contributed by atoms with E-state index in [0.29, 0.717) is 46.1 Å². The van der Waals surface area contributed by atoms with Gasteiger partial charge < -0.3 is 37.9 Å². The smallest absolute Gasteiger partial charge is 0.484 e. The Labute approximate surface area is 418 Å². The molecule has 2 aliphatic rings. The summed E-state index contributed by atoms with van der Waals surface area (Å²) < 4.78 is 50.0. The molecule has 0 fully saturated rings. The Morgan fingerprint density at radius 1 is 0.597 bits per heavy atom. The van der Waals surface area contributed by atoms with Gasteiger partial charge in [0, 0.05) is 36.4 Å². The number of rotatable bonds is 10. The number of carbonyl (C=O) groups excluding carboxylic acids is 1. The van der Waals surface area contributed by atoms with Crippen LogP contribution >= 0.6 is 22.7 Å². The van der Waals surface area contributed by atoms with E-state index < -0.39 is 18.4 Å². The van der Waals surface area contributed by atoms with Crippen LogP contribution in [-0.2, 0) is 12.8 Å². The molecule has 10 aromatic rings. The molecule has 8 heterocycles. The fourth-order valence-electron chi connectivity index (χ4n) is 9.02. The first kappa shape index (κ1) is 44.9. The van der Waals surface area contributed by atoms with Crippen LogP contribution in [0.15, 0.2) is 85.5 Å². The Hall–Kier alpha value is -8.29. The molecule has 17 nitrogen and oxygen atoms in total. The first-order valence-corrected chi connectivity index (χ1v) is 24.6. The second kappa shape index (κ2) is 18.1. The number of fused-ring (bicyclic) bond motifs is 8. The predicted octanol–water partition coefficient (Wildman–Crippen LogP) is 10.5. The normalized spacial score (nSPS) is 15.0. The van der Waals surface area contributed by atoms with Gasteiger partial charge in [0.25, 0.3) is 0 Å². The fourth-order valence-corrected chi connectivity index (χ4v) is 11.3. The number of carbonyl (C=O) groups is 1. The zero-order valence-corrected chi connectivity index (χ0v) is 41.3. The number of hydrogen-bond donors (Lipinski definition) is 0. The molecule has 72 heavy (non-hydrogen) atoms. The van der Waals surface area contributed by atoms with Crippen molar-refractivity contribution in [3.05, 3.63) is 119 Å². The topological polar surface area (TPSA) is 194 Å². The molecule has 0 bridgehead atoms. The molecule has 360 valence electrons. The average molecular weight is 999 g/mol. The zero-order valence-electron chi connectivity index (χ0n) is 39.6. The van der Waals surface area contributed by atoms with Crippen molar-refractivity contribution in [1.82, 2.24) is 39.9 Å². The molecule has 4 aromatic carbocycles. The van der Waals surface area contributed by atoms with Crippen LogP contribution in [0.4, 0.5) is 4.79 Å². The summed E-state index contributed by atoms with van der Waals surface area (Å²) in [6.45, 7) is 8.47. The van der Waals surface area contributed by atoms with Crippen LogP contribution in [0.2, 0.25) is 0 Å². The Balaban J connectivity index is 0.725. The summed E-state index contributed by atoms with van der Waals surface area (Å²) >= 11 is 3.03. The molecule has 0 aliphatic carbocycles. The quantitative estimate of drug-likeness (QED) is 0.117. The first-order chi connectivity index (χ1) is 35.0. The van der Waals surface area contributed by atoms with E-state index in [-0.39, 0.29) is 37.6 Å². The summed E-state index contributed by atoms with van der Waals surface area (Å²) in [7, 11) is 3.14. The Morgan fingerprint density at radius 2 is 1.06 bits per heavy atom. The van der Waals surface area contributed by atoms with Gasteiger partial charge in [0.15, 0.2) is 34.5 Å². The number of aromatic nitrogens is 8. The van der Waals surface area contributed by atoms with E-state index in [1.165, 1.54) is 22.7 Å². The molecule has 0 amide bonds. The van der Waals surface area contributed by atoms with E-state index in [2.05, 4.69) is 42.0 Å². The highest BCUT2D eigenvalue weighted by Gasteiger charge is 2.31. The van der Waals surface area contributed by atoms with Crippen molar-refractivity contribution in [2.24, 2.45) is 0 Å². The zero-order chi connectivity index (χ0) is 49.2. The molecule has 0 N–H and O–H groups in total. The number of pyridine rings is 2. The highest BCUT2D eigenvalue weighted by molar-refractivity contribution is 7.22. The third kappa shape index (κ3) is 8.28. The monoisotopic (exact) mass is 998 g/mol. The lowest BCUT2D eigenvalue weighted by Gasteiger charge is -2.27. The molecule has 0 spiro atoms. The minimum atomic E-state index is -0.952. The third-order valence-electron chi connectivity index (χ3n) is 12.3. The maximum absolute atomic E-state index is 13.5. The fraction of sp³-hybridized carbons (Fsp3) is 0.226. The Kier molecular flexibility index (Phi) is 11.3. The van der Waals surface area contributed by atoms with Crippen LogP contribution in [0.3, 0.4) is 0 Å². The van der Waals surface area contributed by atoms with Crippen LogP contribution < -0.4 is 37.9 Å². The molecule has 0 saturated carbocycles. The standard InChI is InChI=1S/C53H42N8O9S2/c1-25-13-31(45-35(15-25)58-41(63-5)21-56-45)51-60-43-27(3)17-39-47(49(43)71-51)65-23-29(67-39)19-33-37(9-7-11-54-33)69-53(62)70-38-10-8-12-55-34(38)20-30-24-66-48-40(68-30)18-28(4)44-50(48)72-52(61-44)32-14-26(2)16-36-46(32)57-22-42(59-36)64-6/h7-18,21-22,29-30H,19-20,23-24H2,1-6H3. The molecule has 2 atom stereocenters. The van der Waals surface area contributed by atoms with Crippen LogP contribution in [0.5, 0.6) is 46.3 Å². The Morgan fingerprint density at radius 3 is 1.50 bits per heavy atom. The lowest BCUT2D eigenvalue weighted by molar-refractivity contribution is 0.0908. The molecule has 6 aromatic heterocycles. The van der Waals surface area contributed by atoms with E-state index in [0.717, 1.165) is 85.9 Å². The van der Waals surface area contributed by atoms with Gasteiger partial charge in [0.1, 0.15) is 44.8 Å². The minimum absolute atomic E-state index is 0.223. The molecular formula is C53H42N8O9S2. The third-order valence-corrected chi connectivity index (χ3v) is 14.5. The molecule has 2 aliphatic heterocycles. The number of aryl methyl sites for hydroxylation is 4. The number of hydrogen-bond acceptors (Lipinski definition) is 19. The highest BCUT2D eigenvalue weighted by Crippen LogP contribution is 2.48. The number of ether oxygens (including phenoxy) is 8. The van der Waals surface area contributed by atoms with Gasteiger partial charge in [-0.3, -0.25) is 9.97 Å². The molecule has 2 unspecified atom stereocenters. The van der Waals surface area contributed by atoms with Gasteiger partial charge in [-0.1, -0.05) is 0 Å². The Bertz CT molecular complexity index is 3580. The van der Waals surface area contributed by atoms with Gasteiger partial charge in [0.2, 0.25) is 11.8 Å². The molecule has 0 radical (unpaired) electrons. The van der Waals surface area contributed by atoms with Crippen molar-refractivity contribution < 1.29 is 42.7 Å². The number of thiazole rings is 2. The average Bonchev–Trinajstić information content (AvgIpc) is 4.04. The minimum Gasteiger partial charge on any atom is -0.484 e. The van der Waals surface area contributed by atoms with Gasteiger partial charge in [-0.05, 0) is 111 Å². The van der Waals surface area contributed by atoms with Crippen molar-refractivity contribution in [1.29, 1.82) is 0 Å². The second-order valence-corrected chi connectivity index (χ2v) is 19.5. The largest absolute Gasteiger partial charge is 0.519 e. The number of methoxy groups -OCH3 is 2. The number of benzene rings is 4. The lowest BCUT2D eigenvalue weighted by Crippen LogP contribution is -2.32. The van der Waals surface area contributed by atoms with E-state index in [1.807, 2.05) is 52.0 Å². The van der Waals surface area contributed by atoms with Gasteiger partial charge in [-0.25, -0.2) is 34.7 Å². The highest BCUT2D eigenvalue weighted by atomic mass is 32.1. The summed E-state index contributed by atoms with van der Waals surface area (Å²) in [5, 5.41) is 1.58. The van der Waals surface area contributed by atoms with Crippen LogP contribution in [0.25, 0.3) is 63.6 Å². The van der Waals surface area contributed by atoms with Gasteiger partial charge in [0.05, 0.1) is 71.1 Å². The second-order valence-electron chi connectivity index (χ2n) is 17.5. The lowest BCUT2D eigenvalue weighted by atomic mass is 10.1. The van der Waals surface area contributed by atoms with Gasteiger partial charge in [-0.2, -0.15) is 0 Å². The predicted molar refractivity (Wildman–Crippen MR) is 271 cm³/mol. The van der Waals surface area contributed by atoms with Crippen molar-refractivity contribution in [2.45, 2.75) is 52.7 Å². The number of nitrogens with zero attached hydrogens (tertiary/aromatic N) is 8. The maximum atomic E-state index is 13.5. The SMILES string of the molecule is COc1cnc2c(-c3nc4c(C)cc5c(c4s3)OCC(Cc3ncccc3OC(=O)Oc3cccnc3CC3COc4c(cc(C)c6nc(-c7cc(C)cc8nc(OC)cnc78)sc46)O3)O5)cc(C)cc2n1. The van der Waals surface area contributed by atoms with Gasteiger partial charge in [-0.15, -0.1) is 22.7 Å². The molecule has 12 rings (SSSR count). The van der Waals surface area contributed by atoms with Crippen LogP contribution in [0, 0.1) is 27.7 Å². The molecule has 19 heteroatoms. The summed E-state index contributed by atoms with van der Waals surface area (Å²) in [6, 6.07) is 18.7. The molecule has 0 saturated heterocycles. The van der Waals surface area contributed by atoms with E-state index in [1.54, 1.807) is 63.3 Å². The summed E-state index contributed by atoms with van der Waals surface area (Å²) in [5.74, 6) is 3.76. The van der Waals surface area contributed by atoms with Crippen LogP contribution in [0.1, 0.15) is 33.6 Å². The van der Waals surface area contributed by atoms with E-state index in [9.17, 15) is 4.79 Å². The van der Waals surface area contributed by atoms with E-state index >= 15 is 0 Å². The summed E-state index contributed by atoms with van der Waals surface area (Å²) in [5.41, 5.74) is 11.2. The first-order valence-electron chi connectivity index (χ1n) is 22.9. The maximum Gasteiger partial charge on any atom is 0.519 e. The van der Waals surface area contributed by atoms with E-state index in [4.69, 9.17) is 47.9 Å². The molecular weight excluding hydrogens is 957 g/mol.